The first kappa shape index (κ1) is 9.22. The molecule has 0 unspecified atom stereocenters. The Kier molecular flexibility index (Phi) is 1.99. The zero-order valence-electron chi connectivity index (χ0n) is 9.46. The summed E-state index contributed by atoms with van der Waals surface area (Å²) < 4.78 is 0. The fraction of sp³-hybridized carbons (Fsp3) is 0.538. The molecule has 2 nitrogen and oxygen atoms in total. The fourth-order valence-electron chi connectivity index (χ4n) is 2.98. The Morgan fingerprint density at radius 3 is 2.80 bits per heavy atom. The Bertz CT molecular complexity index is 386. The van der Waals surface area contributed by atoms with Crippen LogP contribution in [0.5, 0.6) is 0 Å². The predicted molar refractivity (Wildman–Crippen MR) is 63.5 cm³/mol. The second-order valence-corrected chi connectivity index (χ2v) is 4.94. The van der Waals surface area contributed by atoms with Crippen LogP contribution in [0.1, 0.15) is 17.5 Å². The van der Waals surface area contributed by atoms with Crippen LogP contribution < -0.4 is 10.2 Å². The minimum absolute atomic E-state index is 0.732. The van der Waals surface area contributed by atoms with E-state index in [-0.39, 0.29) is 0 Å². The van der Waals surface area contributed by atoms with Gasteiger partial charge in [0.2, 0.25) is 0 Å². The number of hydrogen-bond acceptors (Lipinski definition) is 2. The van der Waals surface area contributed by atoms with Crippen molar-refractivity contribution in [3.8, 4) is 0 Å². The lowest BCUT2D eigenvalue weighted by molar-refractivity contribution is 0.579. The van der Waals surface area contributed by atoms with Crippen molar-refractivity contribution in [2.45, 2.75) is 32.4 Å². The molecule has 1 aromatic carbocycles. The van der Waals surface area contributed by atoms with E-state index in [9.17, 15) is 0 Å². The number of rotatable bonds is 1. The van der Waals surface area contributed by atoms with Gasteiger partial charge in [-0.05, 0) is 31.9 Å². The Labute approximate surface area is 91.3 Å². The van der Waals surface area contributed by atoms with Gasteiger partial charge in [-0.25, -0.2) is 0 Å². The number of aryl methyl sites for hydroxylation is 2. The van der Waals surface area contributed by atoms with Gasteiger partial charge in [0.05, 0.1) is 0 Å². The van der Waals surface area contributed by atoms with Crippen LogP contribution in [0, 0.1) is 13.8 Å². The topological polar surface area (TPSA) is 15.3 Å². The van der Waals surface area contributed by atoms with Crippen molar-refractivity contribution < 1.29 is 0 Å². The zero-order chi connectivity index (χ0) is 10.4. The Morgan fingerprint density at radius 1 is 1.33 bits per heavy atom. The average molecular weight is 202 g/mol. The van der Waals surface area contributed by atoms with Crippen LogP contribution in [0.2, 0.25) is 0 Å². The number of nitrogens with one attached hydrogen (secondary N) is 1. The van der Waals surface area contributed by atoms with Crippen molar-refractivity contribution in [1.82, 2.24) is 5.32 Å². The first-order chi connectivity index (χ1) is 7.24. The smallest absolute Gasteiger partial charge is 0.0430 e. The molecule has 0 aliphatic carbocycles. The molecule has 80 valence electrons. The lowest BCUT2D eigenvalue weighted by Gasteiger charge is -2.31. The summed E-state index contributed by atoms with van der Waals surface area (Å²) in [5.74, 6) is 0. The van der Waals surface area contributed by atoms with Gasteiger partial charge >= 0.3 is 0 Å². The minimum Gasteiger partial charge on any atom is -0.365 e. The normalized spacial score (nSPS) is 28.8. The second-order valence-electron chi connectivity index (χ2n) is 4.94. The number of anilines is 1. The highest BCUT2D eigenvalue weighted by atomic mass is 15.3. The first-order valence-electron chi connectivity index (χ1n) is 5.81. The fourth-order valence-corrected chi connectivity index (χ4v) is 2.98. The number of fused-ring (bicyclic) bond motifs is 2. The molecule has 2 fully saturated rings. The second kappa shape index (κ2) is 3.24. The number of nitrogens with zero attached hydrogens (tertiary/aromatic N) is 1. The van der Waals surface area contributed by atoms with E-state index in [1.54, 1.807) is 0 Å². The van der Waals surface area contributed by atoms with Crippen molar-refractivity contribution in [2.24, 2.45) is 0 Å². The molecule has 0 saturated carbocycles. The van der Waals surface area contributed by atoms with E-state index in [0.717, 1.165) is 18.6 Å². The summed E-state index contributed by atoms with van der Waals surface area (Å²) >= 11 is 0. The molecule has 2 heteroatoms. The van der Waals surface area contributed by atoms with Gasteiger partial charge in [0.1, 0.15) is 0 Å². The molecule has 1 aromatic rings. The SMILES string of the molecule is Cc1ccc(N2C[C@@H]3C[C@H]2CN3)c(C)c1. The molecule has 2 aliphatic heterocycles. The highest BCUT2D eigenvalue weighted by molar-refractivity contribution is 5.56. The van der Waals surface area contributed by atoms with Crippen molar-refractivity contribution >= 4 is 5.69 Å². The molecule has 2 atom stereocenters. The Morgan fingerprint density at radius 2 is 2.20 bits per heavy atom. The summed E-state index contributed by atoms with van der Waals surface area (Å²) in [6.45, 7) is 6.74. The van der Waals surface area contributed by atoms with E-state index in [1.165, 1.54) is 29.8 Å². The molecule has 3 rings (SSSR count). The predicted octanol–water partition coefficient (Wildman–Crippen LogP) is 1.85. The van der Waals surface area contributed by atoms with E-state index in [1.807, 2.05) is 0 Å². The van der Waals surface area contributed by atoms with Crippen LogP contribution >= 0.6 is 0 Å². The van der Waals surface area contributed by atoms with Gasteiger partial charge < -0.3 is 10.2 Å². The third kappa shape index (κ3) is 1.44. The third-order valence-electron chi connectivity index (χ3n) is 3.72. The largest absolute Gasteiger partial charge is 0.365 e. The molecular formula is C13H18N2. The van der Waals surface area contributed by atoms with Gasteiger partial charge in [0, 0.05) is 30.9 Å². The number of hydrogen-bond donors (Lipinski definition) is 1. The molecule has 2 bridgehead atoms. The third-order valence-corrected chi connectivity index (χ3v) is 3.72. The van der Waals surface area contributed by atoms with E-state index in [2.05, 4.69) is 42.3 Å². The standard InChI is InChI=1S/C13H18N2/c1-9-3-4-13(10(2)5-9)15-8-11-6-12(15)7-14-11/h3-5,11-12,14H,6-8H2,1-2H3/t11-,12-/m0/s1. The molecule has 0 aromatic heterocycles. The summed E-state index contributed by atoms with van der Waals surface area (Å²) in [6.07, 6.45) is 1.33. The molecule has 2 heterocycles. The molecular weight excluding hydrogens is 184 g/mol. The lowest BCUT2D eigenvalue weighted by Crippen LogP contribution is -2.43. The van der Waals surface area contributed by atoms with E-state index in [4.69, 9.17) is 0 Å². The van der Waals surface area contributed by atoms with Crippen LogP contribution in [0.4, 0.5) is 5.69 Å². The van der Waals surface area contributed by atoms with Crippen LogP contribution in [-0.4, -0.2) is 25.2 Å². The van der Waals surface area contributed by atoms with Crippen molar-refractivity contribution in [2.75, 3.05) is 18.0 Å². The van der Waals surface area contributed by atoms with Crippen LogP contribution in [0.15, 0.2) is 18.2 Å². The summed E-state index contributed by atoms with van der Waals surface area (Å²) in [4.78, 5) is 2.58. The maximum atomic E-state index is 3.54. The monoisotopic (exact) mass is 202 g/mol. The van der Waals surface area contributed by atoms with Gasteiger partial charge in [-0.15, -0.1) is 0 Å². The van der Waals surface area contributed by atoms with Crippen LogP contribution in [-0.2, 0) is 0 Å². The molecule has 0 radical (unpaired) electrons. The van der Waals surface area contributed by atoms with Gasteiger partial charge in [0.15, 0.2) is 0 Å². The molecule has 2 aliphatic rings. The van der Waals surface area contributed by atoms with Gasteiger partial charge in [0.25, 0.3) is 0 Å². The summed E-state index contributed by atoms with van der Waals surface area (Å²) in [5, 5.41) is 3.54. The van der Waals surface area contributed by atoms with Crippen molar-refractivity contribution in [3.05, 3.63) is 29.3 Å². The van der Waals surface area contributed by atoms with E-state index >= 15 is 0 Å². The maximum Gasteiger partial charge on any atom is 0.0430 e. The molecule has 0 spiro atoms. The number of piperazine rings is 1. The molecule has 0 amide bonds. The maximum absolute atomic E-state index is 3.54. The average Bonchev–Trinajstić information content (AvgIpc) is 2.78. The summed E-state index contributed by atoms with van der Waals surface area (Å²) in [5.41, 5.74) is 4.22. The van der Waals surface area contributed by atoms with E-state index < -0.39 is 0 Å². The van der Waals surface area contributed by atoms with Gasteiger partial charge in [-0.3, -0.25) is 0 Å². The van der Waals surface area contributed by atoms with Crippen LogP contribution in [0.25, 0.3) is 0 Å². The van der Waals surface area contributed by atoms with Crippen molar-refractivity contribution in [3.63, 3.8) is 0 Å². The highest BCUT2D eigenvalue weighted by Crippen LogP contribution is 2.31. The molecule has 15 heavy (non-hydrogen) atoms. The van der Waals surface area contributed by atoms with Crippen molar-refractivity contribution in [1.29, 1.82) is 0 Å². The molecule has 2 saturated heterocycles. The van der Waals surface area contributed by atoms with Crippen LogP contribution in [0.3, 0.4) is 0 Å². The zero-order valence-corrected chi connectivity index (χ0v) is 9.46. The summed E-state index contributed by atoms with van der Waals surface area (Å²) in [7, 11) is 0. The Hall–Kier alpha value is -1.02. The van der Waals surface area contributed by atoms with E-state index in [0.29, 0.717) is 0 Å². The Balaban J connectivity index is 1.93. The minimum atomic E-state index is 0.732. The van der Waals surface area contributed by atoms with Gasteiger partial charge in [-0.2, -0.15) is 0 Å². The quantitative estimate of drug-likeness (QED) is 0.747. The first-order valence-corrected chi connectivity index (χ1v) is 5.81. The molecule has 1 N–H and O–H groups in total. The summed E-state index contributed by atoms with van der Waals surface area (Å²) in [6, 6.07) is 8.26. The highest BCUT2D eigenvalue weighted by Gasteiger charge is 2.37. The lowest BCUT2D eigenvalue weighted by atomic mass is 10.1. The van der Waals surface area contributed by atoms with Gasteiger partial charge in [-0.1, -0.05) is 17.7 Å². The number of benzene rings is 1.